The van der Waals surface area contributed by atoms with E-state index in [1.54, 1.807) is 0 Å². The van der Waals surface area contributed by atoms with Crippen LogP contribution < -0.4 is 27.7 Å². The van der Waals surface area contributed by atoms with Gasteiger partial charge in [-0.1, -0.05) is 18.5 Å². The van der Waals surface area contributed by atoms with Crippen LogP contribution in [0.5, 0.6) is 5.75 Å². The van der Waals surface area contributed by atoms with Gasteiger partial charge in [-0.3, -0.25) is 4.79 Å². The quantitative estimate of drug-likeness (QED) is 0.606. The summed E-state index contributed by atoms with van der Waals surface area (Å²) in [5.41, 5.74) is 21.7. The van der Waals surface area contributed by atoms with Crippen LogP contribution in [0.2, 0.25) is 5.02 Å². The first kappa shape index (κ1) is 17.5. The topological polar surface area (TPSA) is 130 Å². The van der Waals surface area contributed by atoms with Crippen LogP contribution in [-0.4, -0.2) is 25.6 Å². The van der Waals surface area contributed by atoms with Gasteiger partial charge >= 0.3 is 0 Å². The fourth-order valence-electron chi connectivity index (χ4n) is 1.10. The summed E-state index contributed by atoms with van der Waals surface area (Å²) in [6.07, 6.45) is 0.983. The van der Waals surface area contributed by atoms with E-state index >= 15 is 0 Å². The molecule has 0 fully saturated rings. The maximum absolute atomic E-state index is 10.9. The van der Waals surface area contributed by atoms with Crippen molar-refractivity contribution in [1.82, 2.24) is 0 Å². The van der Waals surface area contributed by atoms with Crippen molar-refractivity contribution >= 4 is 23.2 Å². The van der Waals surface area contributed by atoms with Gasteiger partial charge in [0.2, 0.25) is 0 Å². The zero-order valence-electron chi connectivity index (χ0n) is 11.2. The Morgan fingerprint density at radius 1 is 1.47 bits per heavy atom. The molecule has 0 saturated heterocycles. The SMILES string of the molecule is CCC(N)CN.COc1cc(N)c(Cl)cc1C(N)=O. The highest BCUT2D eigenvalue weighted by Crippen LogP contribution is 2.28. The molecule has 7 heteroatoms. The van der Waals surface area contributed by atoms with Crippen LogP contribution in [0.1, 0.15) is 23.7 Å². The van der Waals surface area contributed by atoms with Crippen molar-refractivity contribution < 1.29 is 9.53 Å². The van der Waals surface area contributed by atoms with E-state index in [-0.39, 0.29) is 16.6 Å². The van der Waals surface area contributed by atoms with Crippen LogP contribution in [0.15, 0.2) is 12.1 Å². The standard InChI is InChI=1S/C8H9ClN2O2.C4H12N2/c1-13-7-3-6(10)5(9)2-4(7)8(11)12;1-2-4(6)3-5/h2-3H,10H2,1H3,(H2,11,12);4H,2-3,5-6H2,1H3. The third-order valence-electron chi connectivity index (χ3n) is 2.41. The van der Waals surface area contributed by atoms with Gasteiger partial charge in [0.05, 0.1) is 23.4 Å². The van der Waals surface area contributed by atoms with Crippen molar-refractivity contribution in [2.24, 2.45) is 17.2 Å². The van der Waals surface area contributed by atoms with Crippen molar-refractivity contribution in [3.8, 4) is 5.75 Å². The van der Waals surface area contributed by atoms with Crippen molar-refractivity contribution in [3.63, 3.8) is 0 Å². The predicted octanol–water partition coefficient (Wildman–Crippen LogP) is 0.712. The van der Waals surface area contributed by atoms with Gasteiger partial charge in [0, 0.05) is 18.7 Å². The van der Waals surface area contributed by atoms with E-state index in [2.05, 4.69) is 0 Å². The van der Waals surface area contributed by atoms with Gasteiger partial charge in [0.1, 0.15) is 5.75 Å². The Morgan fingerprint density at radius 3 is 2.37 bits per heavy atom. The van der Waals surface area contributed by atoms with Crippen molar-refractivity contribution in [2.45, 2.75) is 19.4 Å². The zero-order chi connectivity index (χ0) is 15.0. The molecule has 108 valence electrons. The number of nitrogens with two attached hydrogens (primary N) is 4. The third-order valence-corrected chi connectivity index (χ3v) is 2.74. The van der Waals surface area contributed by atoms with Crippen LogP contribution in [-0.2, 0) is 0 Å². The minimum absolute atomic E-state index is 0.213. The molecular formula is C12H21ClN4O2. The summed E-state index contributed by atoms with van der Waals surface area (Å²) >= 11 is 5.70. The molecule has 0 aliphatic heterocycles. The molecule has 1 amide bonds. The normalized spacial score (nSPS) is 11.2. The summed E-state index contributed by atoms with van der Waals surface area (Å²) in [5.74, 6) is -0.270. The first-order valence-corrected chi connectivity index (χ1v) is 6.13. The Hall–Kier alpha value is -1.50. The first-order valence-electron chi connectivity index (χ1n) is 5.75. The number of anilines is 1. The largest absolute Gasteiger partial charge is 0.496 e. The van der Waals surface area contributed by atoms with Crippen LogP contribution in [0, 0.1) is 0 Å². The number of methoxy groups -OCH3 is 1. The molecule has 6 nitrogen and oxygen atoms in total. The summed E-state index contributed by atoms with van der Waals surface area (Å²) in [7, 11) is 1.43. The lowest BCUT2D eigenvalue weighted by atomic mass is 10.1. The summed E-state index contributed by atoms with van der Waals surface area (Å²) in [5, 5.41) is 0.287. The Labute approximate surface area is 118 Å². The molecule has 19 heavy (non-hydrogen) atoms. The first-order chi connectivity index (χ1) is 8.87. The maximum Gasteiger partial charge on any atom is 0.252 e. The van der Waals surface area contributed by atoms with Gasteiger partial charge in [-0.05, 0) is 12.5 Å². The van der Waals surface area contributed by atoms with E-state index < -0.39 is 5.91 Å². The number of benzene rings is 1. The molecule has 0 aliphatic rings. The van der Waals surface area contributed by atoms with Crippen molar-refractivity contribution in [2.75, 3.05) is 19.4 Å². The van der Waals surface area contributed by atoms with Gasteiger partial charge in [-0.25, -0.2) is 0 Å². The zero-order valence-corrected chi connectivity index (χ0v) is 11.9. The Kier molecular flexibility index (Phi) is 7.90. The Bertz CT molecular complexity index is 422. The molecule has 1 aromatic carbocycles. The number of ether oxygens (including phenoxy) is 1. The van der Waals surface area contributed by atoms with Crippen LogP contribution in [0.25, 0.3) is 0 Å². The van der Waals surface area contributed by atoms with Crippen LogP contribution >= 0.6 is 11.6 Å². The smallest absolute Gasteiger partial charge is 0.252 e. The van der Waals surface area contributed by atoms with Gasteiger partial charge in [0.25, 0.3) is 5.91 Å². The molecule has 0 aromatic heterocycles. The summed E-state index contributed by atoms with van der Waals surface area (Å²) in [6, 6.07) is 3.06. The molecule has 0 heterocycles. The summed E-state index contributed by atoms with van der Waals surface area (Å²) in [6.45, 7) is 2.63. The second-order valence-corrected chi connectivity index (χ2v) is 4.25. The summed E-state index contributed by atoms with van der Waals surface area (Å²) < 4.78 is 4.90. The highest BCUT2D eigenvalue weighted by molar-refractivity contribution is 6.33. The van der Waals surface area contributed by atoms with Crippen molar-refractivity contribution in [1.29, 1.82) is 0 Å². The predicted molar refractivity (Wildman–Crippen MR) is 78.3 cm³/mol. The lowest BCUT2D eigenvalue weighted by Crippen LogP contribution is -2.28. The molecule has 1 aromatic rings. The third kappa shape index (κ3) is 5.78. The number of nitrogen functional groups attached to an aromatic ring is 1. The van der Waals surface area contributed by atoms with E-state index in [0.29, 0.717) is 18.0 Å². The number of halogens is 1. The van der Waals surface area contributed by atoms with Crippen molar-refractivity contribution in [3.05, 3.63) is 22.7 Å². The lowest BCUT2D eigenvalue weighted by molar-refractivity contribution is 0.0997. The fraction of sp³-hybridized carbons (Fsp3) is 0.417. The molecular weight excluding hydrogens is 268 g/mol. The number of rotatable bonds is 4. The van der Waals surface area contributed by atoms with Gasteiger partial charge < -0.3 is 27.7 Å². The van der Waals surface area contributed by atoms with Gasteiger partial charge in [-0.15, -0.1) is 0 Å². The molecule has 0 aliphatic carbocycles. The van der Waals surface area contributed by atoms with E-state index in [1.807, 2.05) is 6.92 Å². The van der Waals surface area contributed by atoms with E-state index in [0.717, 1.165) is 6.42 Å². The number of carbonyl (C=O) groups is 1. The second kappa shape index (κ2) is 8.58. The average molecular weight is 289 g/mol. The minimum Gasteiger partial charge on any atom is -0.496 e. The molecule has 1 rings (SSSR count). The van der Waals surface area contributed by atoms with Gasteiger partial charge in [0.15, 0.2) is 0 Å². The monoisotopic (exact) mass is 288 g/mol. The molecule has 0 bridgehead atoms. The van der Waals surface area contributed by atoms with E-state index in [1.165, 1.54) is 19.2 Å². The number of carbonyl (C=O) groups excluding carboxylic acids is 1. The van der Waals surface area contributed by atoms with Crippen LogP contribution in [0.4, 0.5) is 5.69 Å². The van der Waals surface area contributed by atoms with E-state index in [4.69, 9.17) is 39.3 Å². The summed E-state index contributed by atoms with van der Waals surface area (Å²) in [4.78, 5) is 10.9. The highest BCUT2D eigenvalue weighted by Gasteiger charge is 2.11. The second-order valence-electron chi connectivity index (χ2n) is 3.84. The molecule has 0 radical (unpaired) electrons. The maximum atomic E-state index is 10.9. The molecule has 1 atom stereocenters. The average Bonchev–Trinajstić information content (AvgIpc) is 2.40. The Balaban J connectivity index is 0.000000459. The number of primary amides is 1. The molecule has 0 spiro atoms. The van der Waals surface area contributed by atoms with E-state index in [9.17, 15) is 4.79 Å². The number of hydrogen-bond donors (Lipinski definition) is 4. The minimum atomic E-state index is -0.598. The number of hydrogen-bond acceptors (Lipinski definition) is 5. The molecule has 8 N–H and O–H groups in total. The fourth-order valence-corrected chi connectivity index (χ4v) is 1.26. The Morgan fingerprint density at radius 2 is 2.05 bits per heavy atom. The molecule has 1 unspecified atom stereocenters. The highest BCUT2D eigenvalue weighted by atomic mass is 35.5. The lowest BCUT2D eigenvalue weighted by Gasteiger charge is -2.07. The molecule has 0 saturated carbocycles. The number of amides is 1. The van der Waals surface area contributed by atoms with Crippen LogP contribution in [0.3, 0.4) is 0 Å². The van der Waals surface area contributed by atoms with Gasteiger partial charge in [-0.2, -0.15) is 0 Å².